The van der Waals surface area contributed by atoms with Gasteiger partial charge in [0.1, 0.15) is 0 Å². The first-order chi connectivity index (χ1) is 8.11. The molecule has 0 spiro atoms. The van der Waals surface area contributed by atoms with Crippen LogP contribution in [0.4, 0.5) is 0 Å². The molecule has 1 aromatic heterocycles. The van der Waals surface area contributed by atoms with E-state index in [1.807, 2.05) is 0 Å². The zero-order chi connectivity index (χ0) is 12.3. The van der Waals surface area contributed by atoms with Gasteiger partial charge in [-0.15, -0.1) is 0 Å². The first-order valence-corrected chi connectivity index (χ1v) is 5.65. The van der Waals surface area contributed by atoms with Crippen molar-refractivity contribution in [2.45, 2.75) is 25.7 Å². The molecular formula is C12H15NO4. The Labute approximate surface area is 98.8 Å². The molecule has 0 saturated heterocycles. The molecular weight excluding hydrogens is 222 g/mol. The topological polar surface area (TPSA) is 79.5 Å². The predicted octanol–water partition coefficient (Wildman–Crippen LogP) is 1.65. The van der Waals surface area contributed by atoms with Crippen LogP contribution in [0.2, 0.25) is 0 Å². The van der Waals surface area contributed by atoms with Crippen LogP contribution < -0.4 is 5.32 Å². The number of aliphatic carboxylic acids is 1. The van der Waals surface area contributed by atoms with Gasteiger partial charge in [0, 0.05) is 6.54 Å². The molecule has 5 nitrogen and oxygen atoms in total. The molecule has 0 atom stereocenters. The van der Waals surface area contributed by atoms with E-state index in [1.54, 1.807) is 12.1 Å². The number of rotatable bonds is 5. The molecule has 0 aromatic carbocycles. The summed E-state index contributed by atoms with van der Waals surface area (Å²) in [6, 6.07) is 3.23. The lowest BCUT2D eigenvalue weighted by Gasteiger charge is -2.40. The van der Waals surface area contributed by atoms with E-state index in [0.717, 1.165) is 19.3 Å². The van der Waals surface area contributed by atoms with Gasteiger partial charge in [-0.3, -0.25) is 9.59 Å². The Balaban J connectivity index is 1.88. The number of carbonyl (C=O) groups is 2. The highest BCUT2D eigenvalue weighted by Gasteiger charge is 2.39. The molecule has 0 aliphatic heterocycles. The summed E-state index contributed by atoms with van der Waals surface area (Å²) in [5, 5.41) is 11.6. The first-order valence-electron chi connectivity index (χ1n) is 5.65. The Morgan fingerprint density at radius 3 is 2.71 bits per heavy atom. The van der Waals surface area contributed by atoms with Gasteiger partial charge in [0.25, 0.3) is 5.91 Å². The van der Waals surface area contributed by atoms with Crippen molar-refractivity contribution in [2.75, 3.05) is 6.54 Å². The van der Waals surface area contributed by atoms with Gasteiger partial charge in [0.2, 0.25) is 0 Å². The van der Waals surface area contributed by atoms with Crippen LogP contribution in [0.3, 0.4) is 0 Å². The summed E-state index contributed by atoms with van der Waals surface area (Å²) in [4.78, 5) is 22.4. The van der Waals surface area contributed by atoms with Crippen molar-refractivity contribution in [3.8, 4) is 0 Å². The smallest absolute Gasteiger partial charge is 0.303 e. The fourth-order valence-corrected chi connectivity index (χ4v) is 2.18. The van der Waals surface area contributed by atoms with Crippen molar-refractivity contribution in [2.24, 2.45) is 5.41 Å². The van der Waals surface area contributed by atoms with E-state index in [4.69, 9.17) is 9.52 Å². The summed E-state index contributed by atoms with van der Waals surface area (Å²) in [6.07, 6.45) is 4.30. The number of carboxylic acids is 1. The molecule has 1 aromatic rings. The molecule has 2 rings (SSSR count). The predicted molar refractivity (Wildman–Crippen MR) is 59.6 cm³/mol. The van der Waals surface area contributed by atoms with Crippen LogP contribution in [-0.2, 0) is 4.79 Å². The maximum atomic E-state index is 11.6. The second-order valence-corrected chi connectivity index (χ2v) is 4.58. The van der Waals surface area contributed by atoms with Crippen molar-refractivity contribution in [1.29, 1.82) is 0 Å². The Bertz CT molecular complexity index is 406. The zero-order valence-electron chi connectivity index (χ0n) is 9.44. The lowest BCUT2D eigenvalue weighted by Crippen LogP contribution is -2.43. The van der Waals surface area contributed by atoms with Crippen molar-refractivity contribution < 1.29 is 19.1 Å². The van der Waals surface area contributed by atoms with Crippen LogP contribution in [0.25, 0.3) is 0 Å². The van der Waals surface area contributed by atoms with Gasteiger partial charge in [-0.1, -0.05) is 6.42 Å². The maximum Gasteiger partial charge on any atom is 0.303 e. The van der Waals surface area contributed by atoms with Crippen LogP contribution in [0.5, 0.6) is 0 Å². The molecule has 1 heterocycles. The minimum atomic E-state index is -0.808. The molecule has 0 radical (unpaired) electrons. The molecule has 1 amide bonds. The third kappa shape index (κ3) is 2.67. The van der Waals surface area contributed by atoms with Gasteiger partial charge in [-0.25, -0.2) is 0 Å². The standard InChI is InChI=1S/C12H15NO4/c14-10(15)7-12(4-2-5-12)8-13-11(16)9-3-1-6-17-9/h1,3,6H,2,4-5,7-8H2,(H,13,16)(H,14,15). The summed E-state index contributed by atoms with van der Waals surface area (Å²) >= 11 is 0. The average molecular weight is 237 g/mol. The molecule has 0 bridgehead atoms. The van der Waals surface area contributed by atoms with E-state index >= 15 is 0 Å². The Morgan fingerprint density at radius 2 is 2.24 bits per heavy atom. The van der Waals surface area contributed by atoms with E-state index in [-0.39, 0.29) is 23.5 Å². The third-order valence-corrected chi connectivity index (χ3v) is 3.31. The lowest BCUT2D eigenvalue weighted by atomic mass is 9.66. The van der Waals surface area contributed by atoms with Crippen LogP contribution in [0.15, 0.2) is 22.8 Å². The molecule has 0 unspecified atom stereocenters. The van der Waals surface area contributed by atoms with E-state index in [9.17, 15) is 9.59 Å². The summed E-state index contributed by atoms with van der Waals surface area (Å²) in [5.74, 6) is -0.835. The van der Waals surface area contributed by atoms with Gasteiger partial charge >= 0.3 is 5.97 Å². The summed E-state index contributed by atoms with van der Waals surface area (Å²) in [6.45, 7) is 0.402. The Morgan fingerprint density at radius 1 is 1.47 bits per heavy atom. The highest BCUT2D eigenvalue weighted by Crippen LogP contribution is 2.43. The van der Waals surface area contributed by atoms with Gasteiger partial charge in [0.15, 0.2) is 5.76 Å². The maximum absolute atomic E-state index is 11.6. The van der Waals surface area contributed by atoms with Gasteiger partial charge in [-0.2, -0.15) is 0 Å². The minimum Gasteiger partial charge on any atom is -0.481 e. The number of nitrogens with one attached hydrogen (secondary N) is 1. The summed E-state index contributed by atoms with van der Waals surface area (Å²) < 4.78 is 4.96. The van der Waals surface area contributed by atoms with Crippen LogP contribution in [0.1, 0.15) is 36.2 Å². The van der Waals surface area contributed by atoms with Crippen LogP contribution >= 0.6 is 0 Å². The second-order valence-electron chi connectivity index (χ2n) is 4.58. The normalized spacial score (nSPS) is 17.2. The Hall–Kier alpha value is -1.78. The van der Waals surface area contributed by atoms with E-state index < -0.39 is 5.97 Å². The molecule has 1 fully saturated rings. The number of furan rings is 1. The number of hydrogen-bond acceptors (Lipinski definition) is 3. The quantitative estimate of drug-likeness (QED) is 0.816. The fourth-order valence-electron chi connectivity index (χ4n) is 2.18. The number of carboxylic acid groups (broad SMARTS) is 1. The largest absolute Gasteiger partial charge is 0.481 e. The molecule has 5 heteroatoms. The fraction of sp³-hybridized carbons (Fsp3) is 0.500. The summed E-state index contributed by atoms with van der Waals surface area (Å²) in [7, 11) is 0. The monoisotopic (exact) mass is 237 g/mol. The van der Waals surface area contributed by atoms with Gasteiger partial charge in [-0.05, 0) is 30.4 Å². The van der Waals surface area contributed by atoms with Crippen LogP contribution in [0, 0.1) is 5.41 Å². The highest BCUT2D eigenvalue weighted by molar-refractivity contribution is 5.91. The lowest BCUT2D eigenvalue weighted by molar-refractivity contribution is -0.141. The number of hydrogen-bond donors (Lipinski definition) is 2. The summed E-state index contributed by atoms with van der Waals surface area (Å²) in [5.41, 5.74) is -0.256. The average Bonchev–Trinajstić information content (AvgIpc) is 2.74. The van der Waals surface area contributed by atoms with E-state index in [0.29, 0.717) is 6.54 Å². The number of carbonyl (C=O) groups excluding carboxylic acids is 1. The minimum absolute atomic E-state index is 0.117. The molecule has 2 N–H and O–H groups in total. The van der Waals surface area contributed by atoms with Crippen molar-refractivity contribution >= 4 is 11.9 Å². The third-order valence-electron chi connectivity index (χ3n) is 3.31. The van der Waals surface area contributed by atoms with Crippen molar-refractivity contribution in [1.82, 2.24) is 5.32 Å². The second kappa shape index (κ2) is 4.61. The van der Waals surface area contributed by atoms with Gasteiger partial charge in [0.05, 0.1) is 12.7 Å². The molecule has 1 saturated carbocycles. The molecule has 92 valence electrons. The first kappa shape index (κ1) is 11.7. The van der Waals surface area contributed by atoms with Crippen molar-refractivity contribution in [3.63, 3.8) is 0 Å². The number of amides is 1. The molecule has 1 aliphatic carbocycles. The molecule has 1 aliphatic rings. The zero-order valence-corrected chi connectivity index (χ0v) is 9.44. The van der Waals surface area contributed by atoms with E-state index in [1.165, 1.54) is 6.26 Å². The van der Waals surface area contributed by atoms with Gasteiger partial charge < -0.3 is 14.8 Å². The molecule has 17 heavy (non-hydrogen) atoms. The van der Waals surface area contributed by atoms with E-state index in [2.05, 4.69) is 5.32 Å². The highest BCUT2D eigenvalue weighted by atomic mass is 16.4. The van der Waals surface area contributed by atoms with Crippen molar-refractivity contribution in [3.05, 3.63) is 24.2 Å². The SMILES string of the molecule is O=C(O)CC1(CNC(=O)c2ccco2)CCC1. The Kier molecular flexibility index (Phi) is 3.17. The van der Waals surface area contributed by atoms with Crippen LogP contribution in [-0.4, -0.2) is 23.5 Å².